The van der Waals surface area contributed by atoms with Crippen LogP contribution in [-0.2, 0) is 9.47 Å². The van der Waals surface area contributed by atoms with Crippen molar-refractivity contribution in [2.45, 2.75) is 59.0 Å². The summed E-state index contributed by atoms with van der Waals surface area (Å²) in [5.41, 5.74) is 0. The predicted molar refractivity (Wildman–Crippen MR) is 60.1 cm³/mol. The summed E-state index contributed by atoms with van der Waals surface area (Å²) in [4.78, 5) is 0. The number of hydrogen-bond acceptors (Lipinski definition) is 2. The topological polar surface area (TPSA) is 18.5 Å². The number of ether oxygens (including phenoxy) is 2. The van der Waals surface area contributed by atoms with Gasteiger partial charge in [0.05, 0.1) is 12.7 Å². The molecule has 0 unspecified atom stereocenters. The zero-order chi connectivity index (χ0) is 10.6. The van der Waals surface area contributed by atoms with Gasteiger partial charge in [0.25, 0.3) is 0 Å². The van der Waals surface area contributed by atoms with Crippen LogP contribution < -0.4 is 0 Å². The molecule has 0 rings (SSSR count). The Morgan fingerprint density at radius 3 is 2.50 bits per heavy atom. The highest BCUT2D eigenvalue weighted by Crippen LogP contribution is 2.00. The van der Waals surface area contributed by atoms with E-state index in [4.69, 9.17) is 9.47 Å². The Balaban J connectivity index is 2.85. The van der Waals surface area contributed by atoms with Crippen LogP contribution in [0.5, 0.6) is 0 Å². The van der Waals surface area contributed by atoms with Gasteiger partial charge in [0.2, 0.25) is 0 Å². The molecule has 0 N–H and O–H groups in total. The molecule has 0 saturated heterocycles. The van der Waals surface area contributed by atoms with Gasteiger partial charge in [-0.15, -0.1) is 0 Å². The molecular formula is C12H25O2. The van der Waals surface area contributed by atoms with Crippen LogP contribution in [0.2, 0.25) is 0 Å². The molecule has 2 heteroatoms. The van der Waals surface area contributed by atoms with E-state index in [1.54, 1.807) is 0 Å². The van der Waals surface area contributed by atoms with Crippen molar-refractivity contribution in [1.29, 1.82) is 0 Å². The van der Waals surface area contributed by atoms with E-state index in [1.165, 1.54) is 25.7 Å². The van der Waals surface area contributed by atoms with Gasteiger partial charge >= 0.3 is 0 Å². The molecule has 0 atom stereocenters. The Morgan fingerprint density at radius 1 is 1.07 bits per heavy atom. The summed E-state index contributed by atoms with van der Waals surface area (Å²) in [6.07, 6.45) is 6.29. The van der Waals surface area contributed by atoms with Crippen molar-refractivity contribution >= 4 is 0 Å². The summed E-state index contributed by atoms with van der Waals surface area (Å²) >= 11 is 0. The minimum atomic E-state index is 0.291. The van der Waals surface area contributed by atoms with Crippen molar-refractivity contribution in [2.24, 2.45) is 0 Å². The van der Waals surface area contributed by atoms with E-state index in [9.17, 15) is 0 Å². The molecule has 0 heterocycles. The molecule has 14 heavy (non-hydrogen) atoms. The lowest BCUT2D eigenvalue weighted by molar-refractivity contribution is 0.0903. The Labute approximate surface area is 89.0 Å². The van der Waals surface area contributed by atoms with Gasteiger partial charge in [0.1, 0.15) is 0 Å². The average Bonchev–Trinajstić information content (AvgIpc) is 2.15. The van der Waals surface area contributed by atoms with Crippen molar-refractivity contribution in [3.8, 4) is 0 Å². The highest BCUT2D eigenvalue weighted by molar-refractivity contribution is 4.51. The SMILES string of the molecule is CCCCCCOCC[CH]OC(C)C. The first-order chi connectivity index (χ1) is 6.77. The first kappa shape index (κ1) is 13.9. The maximum atomic E-state index is 5.45. The number of rotatable bonds is 10. The summed E-state index contributed by atoms with van der Waals surface area (Å²) in [7, 11) is 0. The largest absolute Gasteiger partial charge is 0.381 e. The summed E-state index contributed by atoms with van der Waals surface area (Å²) < 4.78 is 10.7. The van der Waals surface area contributed by atoms with Crippen molar-refractivity contribution in [3.63, 3.8) is 0 Å². The molecule has 0 fully saturated rings. The molecule has 0 aromatic carbocycles. The minimum Gasteiger partial charge on any atom is -0.381 e. The molecule has 0 aliphatic rings. The van der Waals surface area contributed by atoms with Crippen LogP contribution in [0.15, 0.2) is 0 Å². The third-order valence-corrected chi connectivity index (χ3v) is 1.89. The third-order valence-electron chi connectivity index (χ3n) is 1.89. The maximum Gasteiger partial charge on any atom is 0.0863 e. The van der Waals surface area contributed by atoms with Crippen LogP contribution in [0.1, 0.15) is 52.9 Å². The lowest BCUT2D eigenvalue weighted by Gasteiger charge is -2.06. The predicted octanol–water partition coefficient (Wildman–Crippen LogP) is 3.56. The molecule has 0 aromatic heterocycles. The monoisotopic (exact) mass is 201 g/mol. The summed E-state index contributed by atoms with van der Waals surface area (Å²) in [5.74, 6) is 0. The number of hydrogen-bond donors (Lipinski definition) is 0. The zero-order valence-corrected chi connectivity index (χ0v) is 9.92. The Kier molecular flexibility index (Phi) is 10.9. The van der Waals surface area contributed by atoms with Crippen LogP contribution in [0.3, 0.4) is 0 Å². The van der Waals surface area contributed by atoms with E-state index < -0.39 is 0 Å². The van der Waals surface area contributed by atoms with E-state index in [0.717, 1.165) is 19.6 Å². The fourth-order valence-electron chi connectivity index (χ4n) is 1.12. The van der Waals surface area contributed by atoms with Gasteiger partial charge in [-0.2, -0.15) is 0 Å². The maximum absolute atomic E-state index is 5.45. The first-order valence-corrected chi connectivity index (χ1v) is 5.82. The lowest BCUT2D eigenvalue weighted by atomic mass is 10.2. The molecular weight excluding hydrogens is 176 g/mol. The quantitative estimate of drug-likeness (QED) is 0.503. The second kappa shape index (κ2) is 11.0. The van der Waals surface area contributed by atoms with Crippen LogP contribution in [-0.4, -0.2) is 19.3 Å². The smallest absolute Gasteiger partial charge is 0.0863 e. The van der Waals surface area contributed by atoms with Crippen LogP contribution in [0, 0.1) is 6.61 Å². The summed E-state index contributed by atoms with van der Waals surface area (Å²) in [6, 6.07) is 0. The molecule has 0 aromatic rings. The van der Waals surface area contributed by atoms with Gasteiger partial charge in [0, 0.05) is 13.2 Å². The second-order valence-corrected chi connectivity index (χ2v) is 3.81. The molecule has 85 valence electrons. The van der Waals surface area contributed by atoms with Gasteiger partial charge in [0.15, 0.2) is 0 Å². The highest BCUT2D eigenvalue weighted by atomic mass is 16.5. The standard InChI is InChI=1S/C12H25O2/c1-4-5-6-7-9-13-10-8-11-14-12(2)3/h11-12H,4-10H2,1-3H3. The fourth-order valence-corrected chi connectivity index (χ4v) is 1.12. The normalized spacial score (nSPS) is 11.1. The molecule has 0 aliphatic heterocycles. The first-order valence-electron chi connectivity index (χ1n) is 5.82. The van der Waals surface area contributed by atoms with Crippen molar-refractivity contribution < 1.29 is 9.47 Å². The fraction of sp³-hybridized carbons (Fsp3) is 0.917. The van der Waals surface area contributed by atoms with Gasteiger partial charge in [-0.3, -0.25) is 0 Å². The summed E-state index contributed by atoms with van der Waals surface area (Å²) in [5, 5.41) is 0. The van der Waals surface area contributed by atoms with E-state index in [0.29, 0.717) is 6.10 Å². The van der Waals surface area contributed by atoms with E-state index >= 15 is 0 Å². The van der Waals surface area contributed by atoms with Crippen molar-refractivity contribution in [3.05, 3.63) is 6.61 Å². The van der Waals surface area contributed by atoms with Gasteiger partial charge in [-0.1, -0.05) is 26.2 Å². The zero-order valence-electron chi connectivity index (χ0n) is 9.92. The van der Waals surface area contributed by atoms with Gasteiger partial charge < -0.3 is 9.47 Å². The average molecular weight is 201 g/mol. The lowest BCUT2D eigenvalue weighted by Crippen LogP contribution is -2.03. The highest BCUT2D eigenvalue weighted by Gasteiger charge is 1.94. The Morgan fingerprint density at radius 2 is 1.86 bits per heavy atom. The molecule has 1 radical (unpaired) electrons. The molecule has 0 saturated carbocycles. The van der Waals surface area contributed by atoms with E-state index in [1.807, 2.05) is 20.5 Å². The van der Waals surface area contributed by atoms with Crippen LogP contribution >= 0.6 is 0 Å². The minimum absolute atomic E-state index is 0.291. The molecule has 0 amide bonds. The molecule has 0 bridgehead atoms. The van der Waals surface area contributed by atoms with Crippen molar-refractivity contribution in [2.75, 3.05) is 13.2 Å². The van der Waals surface area contributed by atoms with E-state index in [-0.39, 0.29) is 0 Å². The molecule has 0 aliphatic carbocycles. The van der Waals surface area contributed by atoms with Crippen LogP contribution in [0.4, 0.5) is 0 Å². The molecule has 2 nitrogen and oxygen atoms in total. The van der Waals surface area contributed by atoms with Crippen LogP contribution in [0.25, 0.3) is 0 Å². The third kappa shape index (κ3) is 11.9. The summed E-state index contributed by atoms with van der Waals surface area (Å²) in [6.45, 7) is 9.81. The Bertz CT molecular complexity index is 102. The van der Waals surface area contributed by atoms with Gasteiger partial charge in [-0.25, -0.2) is 0 Å². The number of unbranched alkanes of at least 4 members (excludes halogenated alkanes) is 3. The Hall–Kier alpha value is -0.0800. The second-order valence-electron chi connectivity index (χ2n) is 3.81. The van der Waals surface area contributed by atoms with Crippen molar-refractivity contribution in [1.82, 2.24) is 0 Å². The van der Waals surface area contributed by atoms with E-state index in [2.05, 4.69) is 6.92 Å². The van der Waals surface area contributed by atoms with Gasteiger partial charge in [-0.05, 0) is 26.7 Å². The molecule has 0 spiro atoms.